The van der Waals surface area contributed by atoms with Crippen LogP contribution in [0, 0.1) is 5.82 Å². The van der Waals surface area contributed by atoms with Gasteiger partial charge in [-0.3, -0.25) is 4.90 Å². The fourth-order valence-electron chi connectivity index (χ4n) is 2.94. The number of ether oxygens (including phenoxy) is 1. The van der Waals surface area contributed by atoms with Crippen molar-refractivity contribution in [1.29, 1.82) is 0 Å². The Kier molecular flexibility index (Phi) is 4.67. The zero-order valence-corrected chi connectivity index (χ0v) is 13.3. The number of rotatable bonds is 2. The number of esters is 1. The Morgan fingerprint density at radius 2 is 1.90 bits per heavy atom. The normalized spacial score (nSPS) is 17.8. The van der Waals surface area contributed by atoms with Crippen molar-refractivity contribution >= 4 is 5.97 Å². The first-order valence-corrected chi connectivity index (χ1v) is 7.45. The van der Waals surface area contributed by atoms with E-state index in [9.17, 15) is 9.18 Å². The summed E-state index contributed by atoms with van der Waals surface area (Å²) in [6, 6.07) is 4.88. The Labute approximate surface area is 126 Å². The van der Waals surface area contributed by atoms with Crippen LogP contribution in [0.15, 0.2) is 18.2 Å². The molecular formula is C17H24FNO2. The molecule has 0 amide bonds. The molecule has 3 nitrogen and oxygen atoms in total. The van der Waals surface area contributed by atoms with Gasteiger partial charge in [0.1, 0.15) is 5.82 Å². The minimum absolute atomic E-state index is 0.00776. The molecule has 1 heterocycles. The van der Waals surface area contributed by atoms with Crippen LogP contribution in [-0.2, 0) is 4.74 Å². The molecule has 1 aromatic carbocycles. The molecule has 0 aromatic heterocycles. The third kappa shape index (κ3) is 3.62. The van der Waals surface area contributed by atoms with Gasteiger partial charge in [0, 0.05) is 5.54 Å². The standard InChI is InChI=1S/C17H24FNO2/c1-17(2,3)19-9-7-12(8-10-19)13-5-6-14(15(18)11-13)16(20)21-4/h5-6,11-12H,7-10H2,1-4H3. The molecule has 1 aromatic rings. The minimum atomic E-state index is -0.624. The van der Waals surface area contributed by atoms with Gasteiger partial charge in [-0.1, -0.05) is 6.07 Å². The fourth-order valence-corrected chi connectivity index (χ4v) is 2.94. The highest BCUT2D eigenvalue weighted by Gasteiger charge is 2.28. The Hall–Kier alpha value is -1.42. The second-order valence-corrected chi connectivity index (χ2v) is 6.66. The first-order valence-electron chi connectivity index (χ1n) is 7.45. The van der Waals surface area contributed by atoms with Gasteiger partial charge in [-0.05, 0) is 70.3 Å². The van der Waals surface area contributed by atoms with E-state index in [4.69, 9.17) is 0 Å². The molecule has 0 saturated carbocycles. The summed E-state index contributed by atoms with van der Waals surface area (Å²) < 4.78 is 18.6. The monoisotopic (exact) mass is 293 g/mol. The summed E-state index contributed by atoms with van der Waals surface area (Å²) in [6.07, 6.45) is 2.04. The van der Waals surface area contributed by atoms with E-state index < -0.39 is 11.8 Å². The molecule has 1 aliphatic rings. The minimum Gasteiger partial charge on any atom is -0.465 e. The number of halogens is 1. The van der Waals surface area contributed by atoms with Gasteiger partial charge >= 0.3 is 5.97 Å². The van der Waals surface area contributed by atoms with Crippen molar-refractivity contribution in [1.82, 2.24) is 4.90 Å². The van der Waals surface area contributed by atoms with Crippen LogP contribution >= 0.6 is 0 Å². The second kappa shape index (κ2) is 6.14. The van der Waals surface area contributed by atoms with Crippen LogP contribution in [0.4, 0.5) is 4.39 Å². The second-order valence-electron chi connectivity index (χ2n) is 6.66. The molecule has 0 radical (unpaired) electrons. The van der Waals surface area contributed by atoms with Crippen LogP contribution in [0.1, 0.15) is 55.5 Å². The Bertz CT molecular complexity index is 514. The summed E-state index contributed by atoms with van der Waals surface area (Å²) in [7, 11) is 1.26. The zero-order chi connectivity index (χ0) is 15.6. The third-order valence-electron chi connectivity index (χ3n) is 4.31. The van der Waals surface area contributed by atoms with Crippen molar-refractivity contribution < 1.29 is 13.9 Å². The van der Waals surface area contributed by atoms with Crippen molar-refractivity contribution in [3.8, 4) is 0 Å². The van der Waals surface area contributed by atoms with Crippen molar-refractivity contribution in [2.24, 2.45) is 0 Å². The van der Waals surface area contributed by atoms with Crippen molar-refractivity contribution in [2.45, 2.75) is 45.1 Å². The van der Waals surface area contributed by atoms with Gasteiger partial charge in [-0.15, -0.1) is 0 Å². The van der Waals surface area contributed by atoms with Gasteiger partial charge in [0.25, 0.3) is 0 Å². The highest BCUT2D eigenvalue weighted by atomic mass is 19.1. The van der Waals surface area contributed by atoms with E-state index in [1.807, 2.05) is 6.07 Å². The maximum atomic E-state index is 14.0. The fraction of sp³-hybridized carbons (Fsp3) is 0.588. The van der Waals surface area contributed by atoms with E-state index in [1.54, 1.807) is 0 Å². The van der Waals surface area contributed by atoms with E-state index >= 15 is 0 Å². The summed E-state index contributed by atoms with van der Waals surface area (Å²) in [5.41, 5.74) is 1.17. The van der Waals surface area contributed by atoms with E-state index in [2.05, 4.69) is 30.4 Å². The number of piperidine rings is 1. The maximum absolute atomic E-state index is 14.0. The SMILES string of the molecule is COC(=O)c1ccc(C2CCN(C(C)(C)C)CC2)cc1F. The molecule has 116 valence electrons. The van der Waals surface area contributed by atoms with Crippen molar-refractivity contribution in [3.05, 3.63) is 35.1 Å². The van der Waals surface area contributed by atoms with Gasteiger partial charge < -0.3 is 4.74 Å². The molecule has 0 aliphatic carbocycles. The molecule has 0 N–H and O–H groups in total. The van der Waals surface area contributed by atoms with E-state index in [1.165, 1.54) is 19.2 Å². The predicted octanol–water partition coefficient (Wildman–Crippen LogP) is 3.59. The van der Waals surface area contributed by atoms with E-state index in [-0.39, 0.29) is 11.1 Å². The Morgan fingerprint density at radius 1 is 1.29 bits per heavy atom. The lowest BCUT2D eigenvalue weighted by molar-refractivity contribution is 0.0595. The molecule has 0 spiro atoms. The summed E-state index contributed by atoms with van der Waals surface area (Å²) in [5, 5.41) is 0. The van der Waals surface area contributed by atoms with Crippen LogP contribution in [0.2, 0.25) is 0 Å². The topological polar surface area (TPSA) is 29.5 Å². The number of carbonyl (C=O) groups excluding carboxylic acids is 1. The molecule has 4 heteroatoms. The largest absolute Gasteiger partial charge is 0.465 e. The molecule has 0 unspecified atom stereocenters. The third-order valence-corrected chi connectivity index (χ3v) is 4.31. The molecule has 1 aliphatic heterocycles. The summed E-state index contributed by atoms with van der Waals surface area (Å²) in [6.45, 7) is 8.71. The molecule has 21 heavy (non-hydrogen) atoms. The van der Waals surface area contributed by atoms with Crippen LogP contribution in [0.25, 0.3) is 0 Å². The summed E-state index contributed by atoms with van der Waals surface area (Å²) >= 11 is 0. The Morgan fingerprint density at radius 3 is 2.38 bits per heavy atom. The molecule has 0 bridgehead atoms. The smallest absolute Gasteiger partial charge is 0.340 e. The highest BCUT2D eigenvalue weighted by molar-refractivity contribution is 5.89. The van der Waals surface area contributed by atoms with Gasteiger partial charge in [0.2, 0.25) is 0 Å². The molecule has 1 fully saturated rings. The highest BCUT2D eigenvalue weighted by Crippen LogP contribution is 2.31. The molecule has 2 rings (SSSR count). The number of hydrogen-bond donors (Lipinski definition) is 0. The molecule has 1 saturated heterocycles. The average molecular weight is 293 g/mol. The number of nitrogens with zero attached hydrogens (tertiary/aromatic N) is 1. The molecule has 0 atom stereocenters. The lowest BCUT2D eigenvalue weighted by Gasteiger charge is -2.41. The number of carbonyl (C=O) groups is 1. The lowest BCUT2D eigenvalue weighted by atomic mass is 9.87. The van der Waals surface area contributed by atoms with E-state index in [0.29, 0.717) is 5.92 Å². The van der Waals surface area contributed by atoms with Crippen LogP contribution < -0.4 is 0 Å². The van der Waals surface area contributed by atoms with Gasteiger partial charge in [0.15, 0.2) is 0 Å². The Balaban J connectivity index is 2.08. The van der Waals surface area contributed by atoms with Crippen LogP contribution in [0.3, 0.4) is 0 Å². The van der Waals surface area contributed by atoms with Gasteiger partial charge in [-0.25, -0.2) is 9.18 Å². The first kappa shape index (κ1) is 16.0. The number of likely N-dealkylation sites (tertiary alicyclic amines) is 1. The van der Waals surface area contributed by atoms with E-state index in [0.717, 1.165) is 31.5 Å². The average Bonchev–Trinajstić information content (AvgIpc) is 2.45. The van der Waals surface area contributed by atoms with Crippen molar-refractivity contribution in [2.75, 3.05) is 20.2 Å². The lowest BCUT2D eigenvalue weighted by Crippen LogP contribution is -2.45. The number of methoxy groups -OCH3 is 1. The maximum Gasteiger partial charge on any atom is 0.340 e. The van der Waals surface area contributed by atoms with Gasteiger partial charge in [0.05, 0.1) is 12.7 Å². The summed E-state index contributed by atoms with van der Waals surface area (Å²) in [5.74, 6) is -0.746. The number of benzene rings is 1. The molecular weight excluding hydrogens is 269 g/mol. The van der Waals surface area contributed by atoms with Gasteiger partial charge in [-0.2, -0.15) is 0 Å². The quantitative estimate of drug-likeness (QED) is 0.780. The van der Waals surface area contributed by atoms with Crippen LogP contribution in [-0.4, -0.2) is 36.6 Å². The predicted molar refractivity (Wildman–Crippen MR) is 81.0 cm³/mol. The zero-order valence-electron chi connectivity index (χ0n) is 13.3. The van der Waals surface area contributed by atoms with Crippen molar-refractivity contribution in [3.63, 3.8) is 0 Å². The van der Waals surface area contributed by atoms with Crippen LogP contribution in [0.5, 0.6) is 0 Å². The number of hydrogen-bond acceptors (Lipinski definition) is 3. The summed E-state index contributed by atoms with van der Waals surface area (Å²) in [4.78, 5) is 13.9. The first-order chi connectivity index (χ1) is 9.82.